The Bertz CT molecular complexity index is 396. The predicted octanol–water partition coefficient (Wildman–Crippen LogP) is 1.97. The van der Waals surface area contributed by atoms with Crippen LogP contribution < -0.4 is 4.74 Å². The van der Waals surface area contributed by atoms with E-state index in [1.165, 1.54) is 18.2 Å². The minimum atomic E-state index is -0.323. The average Bonchev–Trinajstić information content (AvgIpc) is 2.75. The van der Waals surface area contributed by atoms with Crippen LogP contribution in [0.1, 0.15) is 28.4 Å². The topological polar surface area (TPSA) is 35.5 Å². The zero-order valence-corrected chi connectivity index (χ0v) is 9.00. The van der Waals surface area contributed by atoms with Crippen molar-refractivity contribution in [2.45, 2.75) is 19.8 Å². The van der Waals surface area contributed by atoms with E-state index in [4.69, 9.17) is 9.47 Å². The first-order valence-electron chi connectivity index (χ1n) is 5.13. The van der Waals surface area contributed by atoms with Gasteiger partial charge in [-0.2, -0.15) is 0 Å². The molecule has 0 radical (unpaired) electrons. The second kappa shape index (κ2) is 3.93. The zero-order chi connectivity index (χ0) is 10.8. The average molecular weight is 206 g/mol. The first-order chi connectivity index (χ1) is 7.27. The third kappa shape index (κ3) is 1.58. The van der Waals surface area contributed by atoms with Crippen molar-refractivity contribution >= 4 is 5.97 Å². The summed E-state index contributed by atoms with van der Waals surface area (Å²) < 4.78 is 10.2. The van der Waals surface area contributed by atoms with Crippen LogP contribution >= 0.6 is 0 Å². The summed E-state index contributed by atoms with van der Waals surface area (Å²) in [5, 5.41) is 0. The summed E-state index contributed by atoms with van der Waals surface area (Å²) in [5.74, 6) is 0.400. The van der Waals surface area contributed by atoms with Crippen molar-refractivity contribution in [2.24, 2.45) is 0 Å². The van der Waals surface area contributed by atoms with Gasteiger partial charge in [0.2, 0.25) is 0 Å². The molecule has 3 heteroatoms. The number of hydrogen-bond donors (Lipinski definition) is 0. The fraction of sp³-hybridized carbons (Fsp3) is 0.417. The van der Waals surface area contributed by atoms with E-state index < -0.39 is 0 Å². The second-order valence-corrected chi connectivity index (χ2v) is 3.52. The molecule has 15 heavy (non-hydrogen) atoms. The Hall–Kier alpha value is -1.51. The quantitative estimate of drug-likeness (QED) is 0.694. The molecule has 80 valence electrons. The number of hydrogen-bond acceptors (Lipinski definition) is 3. The van der Waals surface area contributed by atoms with E-state index in [0.717, 1.165) is 18.6 Å². The molecule has 0 atom stereocenters. The molecule has 0 aliphatic carbocycles. The maximum atomic E-state index is 11.5. The van der Waals surface area contributed by atoms with E-state index >= 15 is 0 Å². The number of esters is 1. The lowest BCUT2D eigenvalue weighted by Crippen LogP contribution is -2.04. The maximum Gasteiger partial charge on any atom is 0.341 e. The van der Waals surface area contributed by atoms with Crippen LogP contribution in [0, 0.1) is 0 Å². The van der Waals surface area contributed by atoms with Crippen molar-refractivity contribution in [3.63, 3.8) is 0 Å². The van der Waals surface area contributed by atoms with Crippen molar-refractivity contribution in [3.05, 3.63) is 28.8 Å². The molecule has 1 heterocycles. The Kier molecular flexibility index (Phi) is 2.62. The molecule has 0 spiro atoms. The van der Waals surface area contributed by atoms with Crippen LogP contribution in [0.5, 0.6) is 5.75 Å². The van der Waals surface area contributed by atoms with Gasteiger partial charge in [-0.3, -0.25) is 0 Å². The first kappa shape index (κ1) is 10.0. The predicted molar refractivity (Wildman–Crippen MR) is 56.4 cm³/mol. The summed E-state index contributed by atoms with van der Waals surface area (Å²) in [6.45, 7) is 2.77. The monoisotopic (exact) mass is 206 g/mol. The lowest BCUT2D eigenvalue weighted by Gasteiger charge is -2.09. The lowest BCUT2D eigenvalue weighted by molar-refractivity contribution is 0.0597. The molecule has 1 aromatic carbocycles. The van der Waals surface area contributed by atoms with E-state index in [-0.39, 0.29) is 5.97 Å². The van der Waals surface area contributed by atoms with Crippen LogP contribution in [0.2, 0.25) is 0 Å². The summed E-state index contributed by atoms with van der Waals surface area (Å²) in [5.41, 5.74) is 2.97. The summed E-state index contributed by atoms with van der Waals surface area (Å²) in [6, 6.07) is 3.77. The lowest BCUT2D eigenvalue weighted by atomic mass is 9.99. The van der Waals surface area contributed by atoms with E-state index in [1.54, 1.807) is 6.07 Å². The Morgan fingerprint density at radius 1 is 1.53 bits per heavy atom. The maximum absolute atomic E-state index is 11.5. The number of rotatable bonds is 2. The summed E-state index contributed by atoms with van der Waals surface area (Å²) in [4.78, 5) is 11.5. The van der Waals surface area contributed by atoms with Crippen LogP contribution in [0.4, 0.5) is 0 Å². The van der Waals surface area contributed by atoms with Gasteiger partial charge >= 0.3 is 5.97 Å². The van der Waals surface area contributed by atoms with Crippen molar-refractivity contribution < 1.29 is 14.3 Å². The van der Waals surface area contributed by atoms with Gasteiger partial charge in [0.05, 0.1) is 13.7 Å². The number of carbonyl (C=O) groups excluding carboxylic acids is 1. The summed E-state index contributed by atoms with van der Waals surface area (Å²) >= 11 is 0. The van der Waals surface area contributed by atoms with Crippen LogP contribution in [-0.2, 0) is 17.6 Å². The molecule has 2 rings (SSSR count). The van der Waals surface area contributed by atoms with Gasteiger partial charge in [-0.25, -0.2) is 4.79 Å². The van der Waals surface area contributed by atoms with Gasteiger partial charge in [-0.1, -0.05) is 13.0 Å². The molecule has 0 saturated carbocycles. The Balaban J connectivity index is 2.51. The highest BCUT2D eigenvalue weighted by atomic mass is 16.5. The number of fused-ring (bicyclic) bond motifs is 1. The molecule has 0 N–H and O–H groups in total. The molecule has 0 saturated heterocycles. The van der Waals surface area contributed by atoms with Crippen LogP contribution in [0.15, 0.2) is 12.1 Å². The molecule has 0 bridgehead atoms. The standard InChI is InChI=1S/C12H14O3/c1-3-8-4-5-10(12(13)14-2)11-9(8)6-7-15-11/h4-5H,3,6-7H2,1-2H3. The Morgan fingerprint density at radius 2 is 2.33 bits per heavy atom. The van der Waals surface area contributed by atoms with Gasteiger partial charge in [0.15, 0.2) is 0 Å². The van der Waals surface area contributed by atoms with E-state index in [1.807, 2.05) is 6.07 Å². The van der Waals surface area contributed by atoms with Crippen molar-refractivity contribution in [2.75, 3.05) is 13.7 Å². The van der Waals surface area contributed by atoms with Gasteiger partial charge in [-0.15, -0.1) is 0 Å². The van der Waals surface area contributed by atoms with Gasteiger partial charge in [-0.05, 0) is 18.1 Å². The van der Waals surface area contributed by atoms with Gasteiger partial charge in [0.1, 0.15) is 11.3 Å². The molecule has 0 amide bonds. The SMILES string of the molecule is CCc1ccc(C(=O)OC)c2c1CCO2. The molecule has 1 aromatic rings. The van der Waals surface area contributed by atoms with E-state index in [0.29, 0.717) is 12.2 Å². The van der Waals surface area contributed by atoms with Gasteiger partial charge in [0, 0.05) is 12.0 Å². The summed E-state index contributed by atoms with van der Waals surface area (Å²) in [7, 11) is 1.39. The van der Waals surface area contributed by atoms with Crippen molar-refractivity contribution in [1.82, 2.24) is 0 Å². The third-order valence-corrected chi connectivity index (χ3v) is 2.74. The highest BCUT2D eigenvalue weighted by Crippen LogP contribution is 2.33. The highest BCUT2D eigenvalue weighted by Gasteiger charge is 2.23. The second-order valence-electron chi connectivity index (χ2n) is 3.52. The third-order valence-electron chi connectivity index (χ3n) is 2.74. The van der Waals surface area contributed by atoms with Crippen LogP contribution in [-0.4, -0.2) is 19.7 Å². The van der Waals surface area contributed by atoms with Crippen molar-refractivity contribution in [1.29, 1.82) is 0 Å². The minimum Gasteiger partial charge on any atom is -0.492 e. The molecule has 0 unspecified atom stereocenters. The number of aryl methyl sites for hydroxylation is 1. The number of carbonyl (C=O) groups is 1. The van der Waals surface area contributed by atoms with Crippen LogP contribution in [0.3, 0.4) is 0 Å². The zero-order valence-electron chi connectivity index (χ0n) is 9.00. The van der Waals surface area contributed by atoms with Crippen LogP contribution in [0.25, 0.3) is 0 Å². The summed E-state index contributed by atoms with van der Waals surface area (Å²) in [6.07, 6.45) is 1.86. The highest BCUT2D eigenvalue weighted by molar-refractivity contribution is 5.93. The number of benzene rings is 1. The van der Waals surface area contributed by atoms with E-state index in [2.05, 4.69) is 6.92 Å². The van der Waals surface area contributed by atoms with Crippen molar-refractivity contribution in [3.8, 4) is 5.75 Å². The largest absolute Gasteiger partial charge is 0.492 e. The molecule has 1 aliphatic heterocycles. The number of methoxy groups -OCH3 is 1. The first-order valence-corrected chi connectivity index (χ1v) is 5.13. The Labute approximate surface area is 89.0 Å². The molecule has 0 aromatic heterocycles. The number of ether oxygens (including phenoxy) is 2. The molecule has 3 nitrogen and oxygen atoms in total. The molecular formula is C12H14O3. The van der Waals surface area contributed by atoms with Gasteiger partial charge < -0.3 is 9.47 Å². The normalized spacial score (nSPS) is 13.2. The molecule has 1 aliphatic rings. The fourth-order valence-electron chi connectivity index (χ4n) is 1.96. The Morgan fingerprint density at radius 3 is 3.00 bits per heavy atom. The fourth-order valence-corrected chi connectivity index (χ4v) is 1.96. The van der Waals surface area contributed by atoms with Gasteiger partial charge in [0.25, 0.3) is 0 Å². The molecule has 0 fully saturated rings. The molecular weight excluding hydrogens is 192 g/mol. The van der Waals surface area contributed by atoms with E-state index in [9.17, 15) is 4.79 Å². The minimum absolute atomic E-state index is 0.323. The smallest absolute Gasteiger partial charge is 0.341 e.